The van der Waals surface area contributed by atoms with Crippen LogP contribution in [0.4, 0.5) is 11.5 Å². The summed E-state index contributed by atoms with van der Waals surface area (Å²) < 4.78 is 0. The van der Waals surface area contributed by atoms with Gasteiger partial charge in [-0.15, -0.1) is 0 Å². The Morgan fingerprint density at radius 2 is 1.78 bits per heavy atom. The molecule has 136 valence electrons. The lowest BCUT2D eigenvalue weighted by atomic mass is 10.1. The van der Waals surface area contributed by atoms with E-state index >= 15 is 0 Å². The van der Waals surface area contributed by atoms with Crippen LogP contribution in [0.3, 0.4) is 0 Å². The Balaban J connectivity index is 1.49. The molecule has 0 saturated carbocycles. The van der Waals surface area contributed by atoms with Crippen LogP contribution < -0.4 is 10.2 Å². The second-order valence-corrected chi connectivity index (χ2v) is 7.72. The van der Waals surface area contributed by atoms with Gasteiger partial charge in [0.1, 0.15) is 12.4 Å². The van der Waals surface area contributed by atoms with Crippen LogP contribution in [0.1, 0.15) is 12.5 Å². The number of amides is 1. The van der Waals surface area contributed by atoms with Gasteiger partial charge in [0.05, 0.1) is 10.6 Å². The summed E-state index contributed by atoms with van der Waals surface area (Å²) in [6.45, 7) is 2.29. The first-order chi connectivity index (χ1) is 13.2. The number of carbonyl (C=O) groups is 1. The molecule has 27 heavy (non-hydrogen) atoms. The highest BCUT2D eigenvalue weighted by molar-refractivity contribution is 7.99. The van der Waals surface area contributed by atoms with E-state index in [0.29, 0.717) is 0 Å². The molecule has 4 nitrogen and oxygen atoms in total. The molecule has 0 aliphatic carbocycles. The first-order valence-corrected chi connectivity index (χ1v) is 9.85. The van der Waals surface area contributed by atoms with E-state index < -0.39 is 0 Å². The van der Waals surface area contributed by atoms with Gasteiger partial charge in [-0.25, -0.2) is 4.98 Å². The summed E-state index contributed by atoms with van der Waals surface area (Å²) in [7, 11) is 0. The maximum absolute atomic E-state index is 12.7. The van der Waals surface area contributed by atoms with Crippen molar-refractivity contribution in [1.82, 2.24) is 10.3 Å². The molecule has 0 fully saturated rings. The Labute approximate surface area is 163 Å². The van der Waals surface area contributed by atoms with Crippen molar-refractivity contribution in [1.29, 1.82) is 0 Å². The van der Waals surface area contributed by atoms with E-state index in [-0.39, 0.29) is 18.5 Å². The third-order valence-corrected chi connectivity index (χ3v) is 5.58. The minimum Gasteiger partial charge on any atom is -0.352 e. The molecule has 1 aliphatic heterocycles. The normalized spacial score (nSPS) is 13.4. The van der Waals surface area contributed by atoms with Crippen LogP contribution in [0, 0.1) is 0 Å². The second-order valence-electron chi connectivity index (χ2n) is 6.64. The van der Waals surface area contributed by atoms with E-state index in [1.807, 2.05) is 60.4 Å². The summed E-state index contributed by atoms with van der Waals surface area (Å²) in [5, 5.41) is 3.12. The molecule has 0 radical (unpaired) electrons. The van der Waals surface area contributed by atoms with E-state index in [2.05, 4.69) is 28.5 Å². The van der Waals surface area contributed by atoms with Gasteiger partial charge in [0.2, 0.25) is 5.91 Å². The van der Waals surface area contributed by atoms with Crippen LogP contribution in [0.2, 0.25) is 0 Å². The van der Waals surface area contributed by atoms with Crippen LogP contribution in [-0.4, -0.2) is 23.5 Å². The first kappa shape index (κ1) is 17.6. The van der Waals surface area contributed by atoms with Gasteiger partial charge >= 0.3 is 0 Å². The van der Waals surface area contributed by atoms with Crippen molar-refractivity contribution >= 4 is 29.2 Å². The fraction of sp³-hybridized carbons (Fsp3) is 0.182. The molecule has 0 spiro atoms. The standard InChI is InChI=1S/C22H21N3OS/c1-16(14-17-8-3-2-4-9-17)24-21(26)15-25-18-10-5-6-11-19(18)27-20-12-7-13-23-22(20)25/h2-13,16H,14-15H2,1H3,(H,24,26). The van der Waals surface area contributed by atoms with Crippen LogP contribution in [0.15, 0.2) is 82.7 Å². The molecule has 2 heterocycles. The summed E-state index contributed by atoms with van der Waals surface area (Å²) in [6.07, 6.45) is 2.59. The number of fused-ring (bicyclic) bond motifs is 2. The van der Waals surface area contributed by atoms with E-state index in [1.165, 1.54) is 5.56 Å². The Hall–Kier alpha value is -2.79. The zero-order valence-electron chi connectivity index (χ0n) is 15.1. The average molecular weight is 375 g/mol. The van der Waals surface area contributed by atoms with E-state index in [0.717, 1.165) is 27.7 Å². The average Bonchev–Trinajstić information content (AvgIpc) is 2.68. The van der Waals surface area contributed by atoms with Crippen LogP contribution in [0.5, 0.6) is 0 Å². The highest BCUT2D eigenvalue weighted by Gasteiger charge is 2.26. The molecule has 3 aromatic rings. The molecule has 4 rings (SSSR count). The summed E-state index contributed by atoms with van der Waals surface area (Å²) in [5.41, 5.74) is 2.25. The van der Waals surface area contributed by atoms with Crippen LogP contribution >= 0.6 is 11.8 Å². The fourth-order valence-electron chi connectivity index (χ4n) is 3.31. The molecule has 0 bridgehead atoms. The fourth-order valence-corrected chi connectivity index (χ4v) is 4.37. The summed E-state index contributed by atoms with van der Waals surface area (Å²) in [5.74, 6) is 0.837. The lowest BCUT2D eigenvalue weighted by Gasteiger charge is -2.31. The van der Waals surface area contributed by atoms with Crippen molar-refractivity contribution in [2.45, 2.75) is 29.2 Å². The summed E-state index contributed by atoms with van der Waals surface area (Å²) in [4.78, 5) is 21.5. The predicted octanol–water partition coefficient (Wildman–Crippen LogP) is 4.43. The molecule has 1 atom stereocenters. The molecule has 1 amide bonds. The SMILES string of the molecule is CC(Cc1ccccc1)NC(=O)CN1c2ccccc2Sc2cccnc21. The maximum Gasteiger partial charge on any atom is 0.240 e. The quantitative estimate of drug-likeness (QED) is 0.716. The van der Waals surface area contributed by atoms with Gasteiger partial charge in [0.25, 0.3) is 0 Å². The number of nitrogens with one attached hydrogen (secondary N) is 1. The minimum absolute atomic E-state index is 0.00302. The van der Waals surface area contributed by atoms with Crippen LogP contribution in [-0.2, 0) is 11.2 Å². The largest absolute Gasteiger partial charge is 0.352 e. The molecule has 0 saturated heterocycles. The third-order valence-electron chi connectivity index (χ3n) is 4.48. The molecular weight excluding hydrogens is 354 g/mol. The minimum atomic E-state index is -0.00302. The smallest absolute Gasteiger partial charge is 0.240 e. The monoisotopic (exact) mass is 375 g/mol. The van der Waals surface area contributed by atoms with Gasteiger partial charge < -0.3 is 10.2 Å². The van der Waals surface area contributed by atoms with Crippen molar-refractivity contribution in [3.05, 3.63) is 78.5 Å². The zero-order valence-corrected chi connectivity index (χ0v) is 15.9. The lowest BCUT2D eigenvalue weighted by molar-refractivity contribution is -0.120. The number of nitrogens with zero attached hydrogens (tertiary/aromatic N) is 2. The van der Waals surface area contributed by atoms with Crippen molar-refractivity contribution in [3.8, 4) is 0 Å². The molecule has 1 unspecified atom stereocenters. The number of anilines is 2. The Bertz CT molecular complexity index is 900. The van der Waals surface area contributed by atoms with Crippen molar-refractivity contribution < 1.29 is 4.79 Å². The Kier molecular flexibility index (Phi) is 5.12. The molecule has 1 N–H and O–H groups in total. The molecule has 1 aromatic heterocycles. The number of aromatic nitrogens is 1. The number of carbonyl (C=O) groups excluding carboxylic acids is 1. The Morgan fingerprint density at radius 3 is 2.63 bits per heavy atom. The molecule has 5 heteroatoms. The maximum atomic E-state index is 12.7. The molecule has 1 aliphatic rings. The van der Waals surface area contributed by atoms with Gasteiger partial charge in [-0.1, -0.05) is 54.2 Å². The van der Waals surface area contributed by atoms with Gasteiger partial charge in [-0.05, 0) is 43.2 Å². The zero-order chi connectivity index (χ0) is 18.6. The topological polar surface area (TPSA) is 45.2 Å². The highest BCUT2D eigenvalue weighted by Crippen LogP contribution is 2.46. The van der Waals surface area contributed by atoms with Gasteiger partial charge in [0.15, 0.2) is 0 Å². The van der Waals surface area contributed by atoms with Gasteiger partial charge in [-0.3, -0.25) is 4.79 Å². The molecule has 2 aromatic carbocycles. The van der Waals surface area contributed by atoms with Crippen molar-refractivity contribution in [2.75, 3.05) is 11.4 Å². The van der Waals surface area contributed by atoms with Gasteiger partial charge in [-0.2, -0.15) is 0 Å². The number of pyridine rings is 1. The van der Waals surface area contributed by atoms with Crippen molar-refractivity contribution in [2.24, 2.45) is 0 Å². The third kappa shape index (κ3) is 3.98. The van der Waals surface area contributed by atoms with E-state index in [4.69, 9.17) is 0 Å². The first-order valence-electron chi connectivity index (χ1n) is 9.03. The number of hydrogen-bond donors (Lipinski definition) is 1. The van der Waals surface area contributed by atoms with Gasteiger partial charge in [0, 0.05) is 17.1 Å². The summed E-state index contributed by atoms with van der Waals surface area (Å²) >= 11 is 1.69. The lowest BCUT2D eigenvalue weighted by Crippen LogP contribution is -2.41. The number of rotatable bonds is 5. The van der Waals surface area contributed by atoms with Crippen molar-refractivity contribution in [3.63, 3.8) is 0 Å². The summed E-state index contributed by atoms with van der Waals surface area (Å²) in [6, 6.07) is 22.4. The van der Waals surface area contributed by atoms with Crippen LogP contribution in [0.25, 0.3) is 0 Å². The van der Waals surface area contributed by atoms with E-state index in [1.54, 1.807) is 18.0 Å². The molecular formula is C22H21N3OS. The van der Waals surface area contributed by atoms with E-state index in [9.17, 15) is 4.79 Å². The Morgan fingerprint density at radius 1 is 1.04 bits per heavy atom. The second kappa shape index (κ2) is 7.84. The number of para-hydroxylation sites is 1. The highest BCUT2D eigenvalue weighted by atomic mass is 32.2. The number of benzene rings is 2. The predicted molar refractivity (Wildman–Crippen MR) is 110 cm³/mol. The number of hydrogen-bond acceptors (Lipinski definition) is 4.